The Bertz CT molecular complexity index is 311. The van der Waals surface area contributed by atoms with Crippen molar-refractivity contribution in [2.45, 2.75) is 20.3 Å². The van der Waals surface area contributed by atoms with Gasteiger partial charge in [0, 0.05) is 23.9 Å². The Morgan fingerprint density at radius 1 is 1.62 bits per heavy atom. The van der Waals surface area contributed by atoms with E-state index in [9.17, 15) is 4.79 Å². The zero-order valence-electron chi connectivity index (χ0n) is 9.85. The van der Waals surface area contributed by atoms with Gasteiger partial charge in [0.1, 0.15) is 0 Å². The molecular formula is C12H19NO2S. The van der Waals surface area contributed by atoms with Crippen LogP contribution in [0.1, 0.15) is 18.7 Å². The summed E-state index contributed by atoms with van der Waals surface area (Å²) >= 11 is 1.68. The Labute approximate surface area is 101 Å². The molecule has 1 unspecified atom stereocenters. The van der Waals surface area contributed by atoms with Crippen LogP contribution in [0.5, 0.6) is 0 Å². The third-order valence-corrected chi connectivity index (χ3v) is 3.47. The molecule has 1 heterocycles. The molecule has 0 aliphatic heterocycles. The van der Waals surface area contributed by atoms with E-state index in [-0.39, 0.29) is 18.4 Å². The lowest BCUT2D eigenvalue weighted by Crippen LogP contribution is -2.37. The first-order valence-corrected chi connectivity index (χ1v) is 6.49. The van der Waals surface area contributed by atoms with Gasteiger partial charge in [-0.15, -0.1) is 11.3 Å². The van der Waals surface area contributed by atoms with Crippen molar-refractivity contribution in [2.75, 3.05) is 19.7 Å². The van der Waals surface area contributed by atoms with Crippen molar-refractivity contribution in [1.82, 2.24) is 4.90 Å². The van der Waals surface area contributed by atoms with Crippen LogP contribution in [0.2, 0.25) is 0 Å². The number of aliphatic hydroxyl groups excluding tert-OH is 1. The van der Waals surface area contributed by atoms with Crippen LogP contribution in [-0.4, -0.2) is 35.6 Å². The largest absolute Gasteiger partial charge is 0.395 e. The molecule has 0 aromatic carbocycles. The van der Waals surface area contributed by atoms with Gasteiger partial charge in [-0.1, -0.05) is 13.0 Å². The van der Waals surface area contributed by atoms with Crippen LogP contribution in [0, 0.1) is 5.92 Å². The maximum atomic E-state index is 12.0. The predicted molar refractivity (Wildman–Crippen MR) is 66.5 cm³/mol. The summed E-state index contributed by atoms with van der Waals surface area (Å²) in [6.07, 6.45) is 0.790. The number of aliphatic hydroxyl groups is 1. The fourth-order valence-electron chi connectivity index (χ4n) is 1.67. The fraction of sp³-hybridized carbons (Fsp3) is 0.583. The highest BCUT2D eigenvalue weighted by Gasteiger charge is 2.19. The van der Waals surface area contributed by atoms with Crippen LogP contribution >= 0.6 is 11.3 Å². The topological polar surface area (TPSA) is 40.5 Å². The fourth-order valence-corrected chi connectivity index (χ4v) is 2.51. The van der Waals surface area contributed by atoms with E-state index >= 15 is 0 Å². The summed E-state index contributed by atoms with van der Waals surface area (Å²) in [6.45, 7) is 5.01. The lowest BCUT2D eigenvalue weighted by atomic mass is 10.1. The van der Waals surface area contributed by atoms with Crippen LogP contribution in [0.4, 0.5) is 0 Å². The van der Waals surface area contributed by atoms with Crippen molar-refractivity contribution >= 4 is 17.2 Å². The van der Waals surface area contributed by atoms with Crippen LogP contribution in [0.25, 0.3) is 0 Å². The third kappa shape index (κ3) is 3.61. The first kappa shape index (κ1) is 13.2. The summed E-state index contributed by atoms with van der Waals surface area (Å²) < 4.78 is 0. The molecule has 1 aromatic rings. The van der Waals surface area contributed by atoms with Crippen LogP contribution in [0.15, 0.2) is 17.5 Å². The van der Waals surface area contributed by atoms with Crippen LogP contribution in [0.3, 0.4) is 0 Å². The van der Waals surface area contributed by atoms with E-state index in [0.29, 0.717) is 13.1 Å². The molecule has 4 heteroatoms. The second-order valence-corrected chi connectivity index (χ2v) is 4.86. The van der Waals surface area contributed by atoms with E-state index in [1.165, 1.54) is 4.88 Å². The van der Waals surface area contributed by atoms with E-state index < -0.39 is 0 Å². The van der Waals surface area contributed by atoms with Crippen LogP contribution < -0.4 is 0 Å². The number of hydrogen-bond acceptors (Lipinski definition) is 3. The number of amides is 1. The quantitative estimate of drug-likeness (QED) is 0.824. The van der Waals surface area contributed by atoms with Crippen molar-refractivity contribution in [3.63, 3.8) is 0 Å². The highest BCUT2D eigenvalue weighted by atomic mass is 32.1. The molecule has 1 rings (SSSR count). The second-order valence-electron chi connectivity index (χ2n) is 3.83. The van der Waals surface area contributed by atoms with Gasteiger partial charge in [0.15, 0.2) is 0 Å². The molecule has 0 fully saturated rings. The zero-order chi connectivity index (χ0) is 12.0. The summed E-state index contributed by atoms with van der Waals surface area (Å²) in [7, 11) is 0. The van der Waals surface area contributed by atoms with Crippen molar-refractivity contribution in [3.05, 3.63) is 22.4 Å². The average Bonchev–Trinajstić information content (AvgIpc) is 2.77. The molecular weight excluding hydrogens is 222 g/mol. The molecule has 0 aliphatic carbocycles. The SMILES string of the molecule is CCN(CCO)C(=O)C(C)Cc1cccs1. The first-order valence-electron chi connectivity index (χ1n) is 5.61. The number of likely N-dealkylation sites (N-methyl/N-ethyl adjacent to an activating group) is 1. The minimum Gasteiger partial charge on any atom is -0.395 e. The number of carbonyl (C=O) groups excluding carboxylic acids is 1. The molecule has 1 amide bonds. The van der Waals surface area contributed by atoms with Gasteiger partial charge in [-0.3, -0.25) is 4.79 Å². The van der Waals surface area contributed by atoms with Crippen molar-refractivity contribution in [1.29, 1.82) is 0 Å². The smallest absolute Gasteiger partial charge is 0.225 e. The lowest BCUT2D eigenvalue weighted by molar-refractivity contribution is -0.135. The van der Waals surface area contributed by atoms with E-state index in [1.807, 2.05) is 25.3 Å². The Hall–Kier alpha value is -0.870. The minimum atomic E-state index is -0.00912. The maximum absolute atomic E-state index is 12.0. The van der Waals surface area contributed by atoms with Gasteiger partial charge in [-0.05, 0) is 24.8 Å². The molecule has 0 radical (unpaired) electrons. The van der Waals surface area contributed by atoms with Gasteiger partial charge in [0.25, 0.3) is 0 Å². The lowest BCUT2D eigenvalue weighted by Gasteiger charge is -2.23. The van der Waals surface area contributed by atoms with Gasteiger partial charge >= 0.3 is 0 Å². The number of hydrogen-bond donors (Lipinski definition) is 1. The molecule has 0 saturated carbocycles. The molecule has 90 valence electrons. The number of carbonyl (C=O) groups is 1. The normalized spacial score (nSPS) is 12.4. The summed E-state index contributed by atoms with van der Waals surface area (Å²) in [5.41, 5.74) is 0. The van der Waals surface area contributed by atoms with E-state index in [0.717, 1.165) is 6.42 Å². The number of rotatable bonds is 6. The predicted octanol–water partition coefficient (Wildman–Crippen LogP) is 1.77. The molecule has 16 heavy (non-hydrogen) atoms. The minimum absolute atomic E-state index is 0.00912. The zero-order valence-corrected chi connectivity index (χ0v) is 10.7. The average molecular weight is 241 g/mol. The molecule has 0 spiro atoms. The van der Waals surface area contributed by atoms with Crippen molar-refractivity contribution < 1.29 is 9.90 Å². The number of nitrogens with zero attached hydrogens (tertiary/aromatic N) is 1. The van der Waals surface area contributed by atoms with Gasteiger partial charge < -0.3 is 10.0 Å². The summed E-state index contributed by atoms with van der Waals surface area (Å²) in [5.74, 6) is 0.120. The standard InChI is InChI=1S/C12H19NO2S/c1-3-13(6-7-14)12(15)10(2)9-11-5-4-8-16-11/h4-5,8,10,14H,3,6-7,9H2,1-2H3. The van der Waals surface area contributed by atoms with Crippen molar-refractivity contribution in [3.8, 4) is 0 Å². The Balaban J connectivity index is 2.52. The van der Waals surface area contributed by atoms with E-state index in [4.69, 9.17) is 5.11 Å². The molecule has 1 aromatic heterocycles. The molecule has 0 bridgehead atoms. The van der Waals surface area contributed by atoms with Gasteiger partial charge in [0.05, 0.1) is 6.61 Å². The van der Waals surface area contributed by atoms with Gasteiger partial charge in [0.2, 0.25) is 5.91 Å². The van der Waals surface area contributed by atoms with E-state index in [2.05, 4.69) is 6.07 Å². The Morgan fingerprint density at radius 2 is 2.38 bits per heavy atom. The summed E-state index contributed by atoms with van der Waals surface area (Å²) in [6, 6.07) is 4.05. The highest BCUT2D eigenvalue weighted by Crippen LogP contribution is 2.16. The van der Waals surface area contributed by atoms with Gasteiger partial charge in [-0.25, -0.2) is 0 Å². The number of thiophene rings is 1. The van der Waals surface area contributed by atoms with Crippen molar-refractivity contribution in [2.24, 2.45) is 5.92 Å². The Kier molecular flexibility index (Phi) is 5.49. The summed E-state index contributed by atoms with van der Waals surface area (Å²) in [4.78, 5) is 15.0. The highest BCUT2D eigenvalue weighted by molar-refractivity contribution is 7.09. The third-order valence-electron chi connectivity index (χ3n) is 2.57. The monoisotopic (exact) mass is 241 g/mol. The molecule has 0 saturated heterocycles. The van der Waals surface area contributed by atoms with Gasteiger partial charge in [-0.2, -0.15) is 0 Å². The molecule has 3 nitrogen and oxygen atoms in total. The maximum Gasteiger partial charge on any atom is 0.225 e. The molecule has 0 aliphatic rings. The summed E-state index contributed by atoms with van der Waals surface area (Å²) in [5, 5.41) is 10.9. The second kappa shape index (κ2) is 6.66. The first-order chi connectivity index (χ1) is 7.69. The molecule has 1 N–H and O–H groups in total. The molecule has 1 atom stereocenters. The Morgan fingerprint density at radius 3 is 2.88 bits per heavy atom. The van der Waals surface area contributed by atoms with E-state index in [1.54, 1.807) is 16.2 Å². The van der Waals surface area contributed by atoms with Crippen LogP contribution in [-0.2, 0) is 11.2 Å².